The van der Waals surface area contributed by atoms with E-state index >= 15 is 0 Å². The summed E-state index contributed by atoms with van der Waals surface area (Å²) in [5.41, 5.74) is 3.32. The van der Waals surface area contributed by atoms with Gasteiger partial charge < -0.3 is 5.32 Å². The van der Waals surface area contributed by atoms with Gasteiger partial charge in [-0.15, -0.1) is 11.6 Å². The molecule has 0 aliphatic carbocycles. The van der Waals surface area contributed by atoms with E-state index < -0.39 is 0 Å². The first-order valence-corrected chi connectivity index (χ1v) is 7.31. The van der Waals surface area contributed by atoms with E-state index in [2.05, 4.69) is 17.4 Å². The Labute approximate surface area is 124 Å². The predicted molar refractivity (Wildman–Crippen MR) is 82.6 cm³/mol. The number of benzene rings is 2. The molecule has 2 aromatic rings. The molecule has 0 heterocycles. The van der Waals surface area contributed by atoms with E-state index in [1.54, 1.807) is 12.1 Å². The van der Waals surface area contributed by atoms with E-state index in [0.717, 1.165) is 17.5 Å². The fourth-order valence-corrected chi connectivity index (χ4v) is 2.38. The van der Waals surface area contributed by atoms with Crippen LogP contribution in [0.5, 0.6) is 0 Å². The minimum absolute atomic E-state index is 0.182. The molecule has 0 saturated heterocycles. The summed E-state index contributed by atoms with van der Waals surface area (Å²) in [7, 11) is 0. The summed E-state index contributed by atoms with van der Waals surface area (Å²) in [6.45, 7) is 2.62. The maximum atomic E-state index is 13.2. The fraction of sp³-hybridized carbons (Fsp3) is 0.294. The normalized spacial score (nSPS) is 12.3. The van der Waals surface area contributed by atoms with E-state index in [1.807, 2.05) is 25.1 Å². The Kier molecular flexibility index (Phi) is 5.57. The number of alkyl halides is 1. The van der Waals surface area contributed by atoms with Crippen molar-refractivity contribution in [2.24, 2.45) is 0 Å². The van der Waals surface area contributed by atoms with Gasteiger partial charge in [0.05, 0.1) is 0 Å². The molecule has 0 amide bonds. The number of hydrogen-bond donors (Lipinski definition) is 1. The molecule has 20 heavy (non-hydrogen) atoms. The van der Waals surface area contributed by atoms with Gasteiger partial charge >= 0.3 is 0 Å². The van der Waals surface area contributed by atoms with E-state index in [-0.39, 0.29) is 11.9 Å². The van der Waals surface area contributed by atoms with E-state index in [1.165, 1.54) is 11.6 Å². The lowest BCUT2D eigenvalue weighted by Crippen LogP contribution is -2.32. The van der Waals surface area contributed by atoms with Crippen LogP contribution in [-0.2, 0) is 13.0 Å². The van der Waals surface area contributed by atoms with Gasteiger partial charge in [-0.25, -0.2) is 4.39 Å². The first-order valence-electron chi connectivity index (χ1n) is 6.77. The van der Waals surface area contributed by atoms with Crippen molar-refractivity contribution >= 4 is 11.6 Å². The van der Waals surface area contributed by atoms with Crippen molar-refractivity contribution in [2.75, 3.05) is 5.88 Å². The number of hydrogen-bond acceptors (Lipinski definition) is 1. The predicted octanol–water partition coefficient (Wildman–Crippen LogP) is 4.07. The average molecular weight is 292 g/mol. The van der Waals surface area contributed by atoms with Crippen molar-refractivity contribution in [1.82, 2.24) is 5.32 Å². The number of nitrogens with one attached hydrogen (secondary N) is 1. The molecule has 2 aromatic carbocycles. The number of aryl methyl sites for hydroxylation is 1. The van der Waals surface area contributed by atoms with Gasteiger partial charge in [0.15, 0.2) is 0 Å². The van der Waals surface area contributed by atoms with Crippen LogP contribution in [0.1, 0.15) is 16.7 Å². The van der Waals surface area contributed by atoms with Crippen LogP contribution in [0.4, 0.5) is 4.39 Å². The van der Waals surface area contributed by atoms with Gasteiger partial charge in [0.1, 0.15) is 5.82 Å². The summed E-state index contributed by atoms with van der Waals surface area (Å²) in [6, 6.07) is 15.3. The lowest BCUT2D eigenvalue weighted by molar-refractivity contribution is 0.545. The van der Waals surface area contributed by atoms with Crippen molar-refractivity contribution in [1.29, 1.82) is 0 Å². The molecule has 0 saturated carbocycles. The number of halogens is 2. The zero-order valence-corrected chi connectivity index (χ0v) is 12.3. The largest absolute Gasteiger partial charge is 0.308 e. The minimum Gasteiger partial charge on any atom is -0.308 e. The van der Waals surface area contributed by atoms with Crippen LogP contribution in [0.3, 0.4) is 0 Å². The van der Waals surface area contributed by atoms with Crippen molar-refractivity contribution < 1.29 is 4.39 Å². The molecular weight excluding hydrogens is 273 g/mol. The second kappa shape index (κ2) is 7.41. The van der Waals surface area contributed by atoms with Gasteiger partial charge in [0.2, 0.25) is 0 Å². The van der Waals surface area contributed by atoms with Crippen LogP contribution in [0.25, 0.3) is 0 Å². The van der Waals surface area contributed by atoms with Crippen LogP contribution < -0.4 is 5.32 Å². The first-order chi connectivity index (χ1) is 9.69. The zero-order valence-electron chi connectivity index (χ0n) is 11.6. The third-order valence-electron chi connectivity index (χ3n) is 3.40. The Morgan fingerprint density at radius 1 is 1.15 bits per heavy atom. The molecule has 1 nitrogen and oxygen atoms in total. The second-order valence-electron chi connectivity index (χ2n) is 4.99. The second-order valence-corrected chi connectivity index (χ2v) is 5.30. The first kappa shape index (κ1) is 15.0. The maximum Gasteiger partial charge on any atom is 0.123 e. The monoisotopic (exact) mass is 291 g/mol. The molecule has 1 N–H and O–H groups in total. The quantitative estimate of drug-likeness (QED) is 0.791. The van der Waals surface area contributed by atoms with Crippen molar-refractivity contribution in [3.8, 4) is 0 Å². The van der Waals surface area contributed by atoms with Crippen molar-refractivity contribution in [3.05, 3.63) is 71.0 Å². The van der Waals surface area contributed by atoms with Gasteiger partial charge in [-0.05, 0) is 42.2 Å². The van der Waals surface area contributed by atoms with Crippen LogP contribution in [0, 0.1) is 12.7 Å². The van der Waals surface area contributed by atoms with Gasteiger partial charge in [0, 0.05) is 18.5 Å². The average Bonchev–Trinajstić information content (AvgIpc) is 2.47. The van der Waals surface area contributed by atoms with Gasteiger partial charge in [-0.3, -0.25) is 0 Å². The van der Waals surface area contributed by atoms with E-state index in [4.69, 9.17) is 11.6 Å². The highest BCUT2D eigenvalue weighted by atomic mass is 35.5. The van der Waals surface area contributed by atoms with E-state index in [9.17, 15) is 4.39 Å². The molecule has 0 fully saturated rings. The molecular formula is C17H19ClFN. The molecule has 106 valence electrons. The molecule has 0 aromatic heterocycles. The molecule has 1 unspecified atom stereocenters. The fourth-order valence-electron chi connectivity index (χ4n) is 2.16. The Morgan fingerprint density at radius 2 is 1.90 bits per heavy atom. The van der Waals surface area contributed by atoms with Crippen LogP contribution in [0.15, 0.2) is 48.5 Å². The van der Waals surface area contributed by atoms with Crippen molar-refractivity contribution in [2.45, 2.75) is 25.9 Å². The molecule has 0 spiro atoms. The molecule has 3 heteroatoms. The molecule has 2 rings (SSSR count). The number of rotatable bonds is 6. The Bertz CT molecular complexity index is 542. The topological polar surface area (TPSA) is 12.0 Å². The lowest BCUT2D eigenvalue weighted by atomic mass is 10.1. The van der Waals surface area contributed by atoms with Gasteiger partial charge in [0.25, 0.3) is 0 Å². The van der Waals surface area contributed by atoms with Crippen LogP contribution in [0.2, 0.25) is 0 Å². The van der Waals surface area contributed by atoms with Crippen LogP contribution in [-0.4, -0.2) is 11.9 Å². The summed E-state index contributed by atoms with van der Waals surface area (Å²) in [5, 5.41) is 3.40. The van der Waals surface area contributed by atoms with E-state index in [0.29, 0.717) is 12.4 Å². The summed E-state index contributed by atoms with van der Waals surface area (Å²) in [5.74, 6) is 0.335. The summed E-state index contributed by atoms with van der Waals surface area (Å²) < 4.78 is 13.2. The molecule has 0 aliphatic rings. The zero-order chi connectivity index (χ0) is 14.4. The summed E-state index contributed by atoms with van der Waals surface area (Å²) >= 11 is 6.02. The highest BCUT2D eigenvalue weighted by Gasteiger charge is 2.09. The highest BCUT2D eigenvalue weighted by molar-refractivity contribution is 6.18. The Balaban J connectivity index is 1.95. The lowest BCUT2D eigenvalue weighted by Gasteiger charge is -2.17. The molecule has 0 radical (unpaired) electrons. The standard InChI is InChI=1S/C17H19ClFN/c1-13-7-8-16(19)10-15(13)12-20-17(11-18)9-14-5-3-2-4-6-14/h2-8,10,17,20H,9,11-12H2,1H3. The summed E-state index contributed by atoms with van der Waals surface area (Å²) in [6.07, 6.45) is 0.874. The molecule has 0 aliphatic heterocycles. The Morgan fingerprint density at radius 3 is 2.60 bits per heavy atom. The molecule has 0 bridgehead atoms. The smallest absolute Gasteiger partial charge is 0.123 e. The Hall–Kier alpha value is -1.38. The van der Waals surface area contributed by atoms with Gasteiger partial charge in [-0.2, -0.15) is 0 Å². The summed E-state index contributed by atoms with van der Waals surface area (Å²) in [4.78, 5) is 0. The third kappa shape index (κ3) is 4.32. The van der Waals surface area contributed by atoms with Crippen LogP contribution >= 0.6 is 11.6 Å². The molecule has 1 atom stereocenters. The van der Waals surface area contributed by atoms with Crippen molar-refractivity contribution in [3.63, 3.8) is 0 Å². The minimum atomic E-state index is -0.196. The SMILES string of the molecule is Cc1ccc(F)cc1CNC(CCl)Cc1ccccc1. The highest BCUT2D eigenvalue weighted by Crippen LogP contribution is 2.11. The third-order valence-corrected chi connectivity index (χ3v) is 3.78. The van der Waals surface area contributed by atoms with Gasteiger partial charge in [-0.1, -0.05) is 36.4 Å². The maximum absolute atomic E-state index is 13.2.